The molecule has 3 rings (SSSR count). The highest BCUT2D eigenvalue weighted by Gasteiger charge is 2.38. The zero-order chi connectivity index (χ0) is 15.2. The molecule has 2 fully saturated rings. The summed E-state index contributed by atoms with van der Waals surface area (Å²) in [5.41, 5.74) is 0. The van der Waals surface area contributed by atoms with Gasteiger partial charge in [0.1, 0.15) is 4.90 Å². The molecule has 0 bridgehead atoms. The summed E-state index contributed by atoms with van der Waals surface area (Å²) >= 11 is 11.5. The van der Waals surface area contributed by atoms with Crippen LogP contribution < -0.4 is 5.32 Å². The molecule has 0 radical (unpaired) electrons. The maximum atomic E-state index is 13.7. The van der Waals surface area contributed by atoms with Crippen LogP contribution in [0.3, 0.4) is 0 Å². The van der Waals surface area contributed by atoms with Crippen molar-refractivity contribution < 1.29 is 12.8 Å². The monoisotopic (exact) mass is 388 g/mol. The summed E-state index contributed by atoms with van der Waals surface area (Å²) in [6.45, 7) is 2.64. The Kier molecular flexibility index (Phi) is 5.63. The highest BCUT2D eigenvalue weighted by atomic mass is 35.5. The predicted octanol–water partition coefficient (Wildman–Crippen LogP) is 2.78. The van der Waals surface area contributed by atoms with Gasteiger partial charge in [-0.25, -0.2) is 12.8 Å². The van der Waals surface area contributed by atoms with E-state index in [2.05, 4.69) is 5.32 Å². The third-order valence-corrected chi connectivity index (χ3v) is 6.97. The van der Waals surface area contributed by atoms with Crippen LogP contribution in [0.5, 0.6) is 0 Å². The van der Waals surface area contributed by atoms with Crippen LogP contribution in [0, 0.1) is 17.7 Å². The van der Waals surface area contributed by atoms with Gasteiger partial charge >= 0.3 is 0 Å². The van der Waals surface area contributed by atoms with Gasteiger partial charge in [0.05, 0.1) is 10.0 Å². The summed E-state index contributed by atoms with van der Waals surface area (Å²) < 4.78 is 40.5. The molecule has 2 unspecified atom stereocenters. The molecule has 2 saturated heterocycles. The van der Waals surface area contributed by atoms with Crippen LogP contribution in [0.15, 0.2) is 17.0 Å². The van der Waals surface area contributed by atoms with E-state index in [4.69, 9.17) is 23.2 Å². The summed E-state index contributed by atoms with van der Waals surface area (Å²) in [5.74, 6) is -0.0600. The molecule has 0 aliphatic carbocycles. The first-order valence-electron chi connectivity index (χ1n) is 6.75. The Balaban J connectivity index is 0.00000176. The molecule has 2 aliphatic rings. The number of benzene rings is 1. The van der Waals surface area contributed by atoms with Gasteiger partial charge in [0.25, 0.3) is 0 Å². The van der Waals surface area contributed by atoms with E-state index in [1.165, 1.54) is 16.4 Å². The first-order chi connectivity index (χ1) is 9.91. The van der Waals surface area contributed by atoms with E-state index >= 15 is 0 Å². The van der Waals surface area contributed by atoms with Crippen molar-refractivity contribution in [2.24, 2.45) is 11.8 Å². The number of piperidine rings is 1. The molecular weight excluding hydrogens is 374 g/mol. The highest BCUT2D eigenvalue weighted by molar-refractivity contribution is 7.89. The van der Waals surface area contributed by atoms with Gasteiger partial charge in [-0.05, 0) is 43.5 Å². The molecule has 2 atom stereocenters. The maximum absolute atomic E-state index is 13.7. The van der Waals surface area contributed by atoms with Gasteiger partial charge in [-0.2, -0.15) is 4.31 Å². The summed E-state index contributed by atoms with van der Waals surface area (Å²) in [5, 5.41) is 2.66. The van der Waals surface area contributed by atoms with E-state index < -0.39 is 20.9 Å². The lowest BCUT2D eigenvalue weighted by Gasteiger charge is -2.33. The average Bonchev–Trinajstić information content (AvgIpc) is 2.92. The Labute approximate surface area is 145 Å². The van der Waals surface area contributed by atoms with E-state index in [0.717, 1.165) is 19.5 Å². The number of hydrogen-bond acceptors (Lipinski definition) is 3. The van der Waals surface area contributed by atoms with Crippen LogP contribution >= 0.6 is 35.6 Å². The smallest absolute Gasteiger partial charge is 0.244 e. The molecule has 4 nitrogen and oxygen atoms in total. The van der Waals surface area contributed by atoms with Crippen molar-refractivity contribution in [1.29, 1.82) is 0 Å². The van der Waals surface area contributed by atoms with Crippen LogP contribution in [0.2, 0.25) is 10.0 Å². The summed E-state index contributed by atoms with van der Waals surface area (Å²) in [6, 6.07) is 2.49. The lowest BCUT2D eigenvalue weighted by Crippen LogP contribution is -2.43. The average molecular weight is 390 g/mol. The van der Waals surface area contributed by atoms with Crippen LogP contribution in [-0.4, -0.2) is 38.9 Å². The molecule has 0 saturated carbocycles. The summed E-state index contributed by atoms with van der Waals surface area (Å²) in [7, 11) is -3.80. The number of rotatable bonds is 2. The van der Waals surface area contributed by atoms with Crippen molar-refractivity contribution >= 4 is 45.6 Å². The van der Waals surface area contributed by atoms with Crippen molar-refractivity contribution in [2.75, 3.05) is 26.2 Å². The minimum Gasteiger partial charge on any atom is -0.316 e. The van der Waals surface area contributed by atoms with Crippen molar-refractivity contribution in [1.82, 2.24) is 9.62 Å². The van der Waals surface area contributed by atoms with Gasteiger partial charge in [0, 0.05) is 13.1 Å². The van der Waals surface area contributed by atoms with Crippen LogP contribution in [0.4, 0.5) is 4.39 Å². The normalized spacial score (nSPS) is 25.6. The van der Waals surface area contributed by atoms with Crippen molar-refractivity contribution in [2.45, 2.75) is 11.3 Å². The van der Waals surface area contributed by atoms with Crippen molar-refractivity contribution in [3.63, 3.8) is 0 Å². The first-order valence-corrected chi connectivity index (χ1v) is 8.95. The molecule has 1 N–H and O–H groups in total. The summed E-state index contributed by atoms with van der Waals surface area (Å²) in [4.78, 5) is -0.213. The fourth-order valence-electron chi connectivity index (χ4n) is 3.07. The van der Waals surface area contributed by atoms with Gasteiger partial charge in [0.2, 0.25) is 10.0 Å². The van der Waals surface area contributed by atoms with E-state index in [0.29, 0.717) is 24.9 Å². The molecule has 9 heteroatoms. The van der Waals surface area contributed by atoms with Gasteiger partial charge in [-0.1, -0.05) is 23.2 Å². The predicted molar refractivity (Wildman–Crippen MR) is 86.9 cm³/mol. The van der Waals surface area contributed by atoms with Gasteiger partial charge in [0.15, 0.2) is 5.82 Å². The fraction of sp³-hybridized carbons (Fsp3) is 0.538. The first kappa shape index (κ1) is 18.2. The molecule has 0 amide bonds. The second kappa shape index (κ2) is 6.79. The number of sulfonamides is 1. The standard InChI is InChI=1S/C13H15Cl2FN2O2S.ClH/c14-10-1-2-11(12(15)13(10)16)21(19,20)18-4-3-8-5-17-6-9(8)7-18;/h1-2,8-9,17H,3-7H2;1H. The Morgan fingerprint density at radius 2 is 1.91 bits per heavy atom. The zero-order valence-electron chi connectivity index (χ0n) is 11.6. The second-order valence-electron chi connectivity index (χ2n) is 5.50. The van der Waals surface area contributed by atoms with Crippen molar-refractivity contribution in [3.8, 4) is 0 Å². The number of fused-ring (bicyclic) bond motifs is 1. The maximum Gasteiger partial charge on any atom is 0.244 e. The molecule has 0 aromatic heterocycles. The Morgan fingerprint density at radius 1 is 1.23 bits per heavy atom. The molecule has 2 heterocycles. The number of nitrogens with zero attached hydrogens (tertiary/aromatic N) is 1. The Bertz CT molecular complexity index is 671. The SMILES string of the molecule is Cl.O=S(=O)(c1ccc(Cl)c(F)c1Cl)N1CCC2CNCC2C1. The topological polar surface area (TPSA) is 49.4 Å². The van der Waals surface area contributed by atoms with Crippen LogP contribution in [0.25, 0.3) is 0 Å². The lowest BCUT2D eigenvalue weighted by molar-refractivity contribution is 0.228. The van der Waals surface area contributed by atoms with E-state index in [1.54, 1.807) is 0 Å². The van der Waals surface area contributed by atoms with Crippen molar-refractivity contribution in [3.05, 3.63) is 28.0 Å². The largest absolute Gasteiger partial charge is 0.316 e. The highest BCUT2D eigenvalue weighted by Crippen LogP contribution is 2.34. The number of hydrogen-bond donors (Lipinski definition) is 1. The van der Waals surface area contributed by atoms with Crippen LogP contribution in [0.1, 0.15) is 6.42 Å². The molecule has 2 aliphatic heterocycles. The van der Waals surface area contributed by atoms with Gasteiger partial charge in [-0.3, -0.25) is 0 Å². The van der Waals surface area contributed by atoms with E-state index in [1.807, 2.05) is 0 Å². The molecule has 0 spiro atoms. The quantitative estimate of drug-likeness (QED) is 0.791. The van der Waals surface area contributed by atoms with Crippen LogP contribution in [-0.2, 0) is 10.0 Å². The third-order valence-electron chi connectivity index (χ3n) is 4.28. The molecule has 22 heavy (non-hydrogen) atoms. The van der Waals surface area contributed by atoms with Gasteiger partial charge < -0.3 is 5.32 Å². The van der Waals surface area contributed by atoms with E-state index in [-0.39, 0.29) is 22.3 Å². The minimum atomic E-state index is -3.80. The van der Waals surface area contributed by atoms with Gasteiger partial charge in [-0.15, -0.1) is 12.4 Å². The molecular formula is C13H16Cl3FN2O2S. The Hall–Kier alpha value is -0.110. The molecule has 1 aromatic rings. The minimum absolute atomic E-state index is 0. The molecule has 124 valence electrons. The fourth-order valence-corrected chi connectivity index (χ4v) is 5.30. The second-order valence-corrected chi connectivity index (χ2v) is 8.20. The summed E-state index contributed by atoms with van der Waals surface area (Å²) in [6.07, 6.45) is 0.810. The lowest BCUT2D eigenvalue weighted by atomic mass is 9.90. The third kappa shape index (κ3) is 3.09. The number of nitrogens with one attached hydrogen (secondary N) is 1. The van der Waals surface area contributed by atoms with E-state index in [9.17, 15) is 12.8 Å². The Morgan fingerprint density at radius 3 is 2.64 bits per heavy atom. The number of halogens is 4. The molecule has 1 aromatic carbocycles. The zero-order valence-corrected chi connectivity index (χ0v) is 14.7.